The van der Waals surface area contributed by atoms with Gasteiger partial charge in [0.25, 0.3) is 5.91 Å². The first-order chi connectivity index (χ1) is 14.7. The van der Waals surface area contributed by atoms with Crippen LogP contribution in [0.25, 0.3) is 10.2 Å². The number of aromatic nitrogens is 1. The highest BCUT2D eigenvalue weighted by Crippen LogP contribution is 2.33. The van der Waals surface area contributed by atoms with Gasteiger partial charge in [-0.2, -0.15) is 0 Å². The van der Waals surface area contributed by atoms with E-state index < -0.39 is 6.36 Å². The zero-order valence-corrected chi connectivity index (χ0v) is 17.8. The largest absolute Gasteiger partial charge is 0.573 e. The van der Waals surface area contributed by atoms with Crippen molar-refractivity contribution in [1.82, 2.24) is 9.88 Å². The van der Waals surface area contributed by atoms with Crippen LogP contribution in [0.2, 0.25) is 0 Å². The van der Waals surface area contributed by atoms with E-state index in [9.17, 15) is 18.0 Å². The van der Waals surface area contributed by atoms with Gasteiger partial charge in [-0.15, -0.1) is 13.2 Å². The number of carbonyl (C=O) groups excluding carboxylic acids is 1. The van der Waals surface area contributed by atoms with Crippen molar-refractivity contribution in [3.05, 3.63) is 48.0 Å². The number of amides is 1. The maximum atomic E-state index is 12.8. The molecule has 6 nitrogen and oxygen atoms in total. The van der Waals surface area contributed by atoms with Crippen LogP contribution < -0.4 is 14.5 Å². The third-order valence-electron chi connectivity index (χ3n) is 5.05. The average Bonchev–Trinajstić information content (AvgIpc) is 3.15. The van der Waals surface area contributed by atoms with Gasteiger partial charge in [0.1, 0.15) is 5.75 Å². The minimum Gasteiger partial charge on any atom is -0.406 e. The Morgan fingerprint density at radius 3 is 2.35 bits per heavy atom. The second-order valence-electron chi connectivity index (χ2n) is 7.39. The summed E-state index contributed by atoms with van der Waals surface area (Å²) in [5, 5.41) is 0.724. The molecular formula is C21H21F3N4O2S. The minimum absolute atomic E-state index is 0.0109. The summed E-state index contributed by atoms with van der Waals surface area (Å²) >= 11 is 1.31. The molecule has 1 aliphatic rings. The van der Waals surface area contributed by atoms with E-state index in [0.717, 1.165) is 10.8 Å². The molecule has 1 amide bonds. The van der Waals surface area contributed by atoms with Crippen molar-refractivity contribution >= 4 is 38.3 Å². The van der Waals surface area contributed by atoms with Gasteiger partial charge in [0.15, 0.2) is 5.13 Å². The lowest BCUT2D eigenvalue weighted by atomic mass is 10.1. The van der Waals surface area contributed by atoms with E-state index in [1.807, 2.05) is 53.1 Å². The van der Waals surface area contributed by atoms with Gasteiger partial charge in [-0.05, 0) is 36.4 Å². The Balaban J connectivity index is 1.41. The van der Waals surface area contributed by atoms with Crippen molar-refractivity contribution in [3.63, 3.8) is 0 Å². The highest BCUT2D eigenvalue weighted by Gasteiger charge is 2.31. The number of hydrogen-bond donors (Lipinski definition) is 0. The van der Waals surface area contributed by atoms with Crippen molar-refractivity contribution in [3.8, 4) is 5.75 Å². The van der Waals surface area contributed by atoms with Crippen molar-refractivity contribution in [1.29, 1.82) is 0 Å². The minimum atomic E-state index is -4.73. The molecule has 1 aromatic heterocycles. The maximum Gasteiger partial charge on any atom is 0.573 e. The Morgan fingerprint density at radius 1 is 1.06 bits per heavy atom. The fourth-order valence-electron chi connectivity index (χ4n) is 3.41. The number of alkyl halides is 3. The molecule has 1 aliphatic heterocycles. The topological polar surface area (TPSA) is 48.9 Å². The lowest BCUT2D eigenvalue weighted by Gasteiger charge is -2.34. The smallest absolute Gasteiger partial charge is 0.406 e. The SMILES string of the molecule is CN(C)c1ccc(C(=O)N2CCN(c3nc4ccc(OC(F)(F)F)cc4s3)CC2)cc1. The monoisotopic (exact) mass is 450 g/mol. The van der Waals surface area contributed by atoms with Gasteiger partial charge >= 0.3 is 6.36 Å². The number of thiazole rings is 1. The number of rotatable bonds is 4. The number of halogens is 3. The molecule has 10 heteroatoms. The molecule has 0 spiro atoms. The Labute approximate surface area is 181 Å². The molecule has 1 saturated heterocycles. The number of benzene rings is 2. The van der Waals surface area contributed by atoms with Crippen molar-refractivity contribution in [2.24, 2.45) is 0 Å². The lowest BCUT2D eigenvalue weighted by molar-refractivity contribution is -0.274. The average molecular weight is 450 g/mol. The molecule has 0 N–H and O–H groups in total. The molecule has 2 heterocycles. The van der Waals surface area contributed by atoms with Gasteiger partial charge in [-0.3, -0.25) is 4.79 Å². The van der Waals surface area contributed by atoms with Crippen LogP contribution in [0.5, 0.6) is 5.75 Å². The highest BCUT2D eigenvalue weighted by atomic mass is 32.1. The summed E-state index contributed by atoms with van der Waals surface area (Å²) < 4.78 is 41.9. The predicted molar refractivity (Wildman–Crippen MR) is 115 cm³/mol. The van der Waals surface area contributed by atoms with E-state index in [4.69, 9.17) is 0 Å². The second kappa shape index (κ2) is 8.26. The summed E-state index contributed by atoms with van der Waals surface area (Å²) in [4.78, 5) is 23.2. The van der Waals surface area contributed by atoms with E-state index in [-0.39, 0.29) is 11.7 Å². The number of fused-ring (bicyclic) bond motifs is 1. The Hall–Kier alpha value is -3.01. The molecule has 3 aromatic rings. The van der Waals surface area contributed by atoms with Gasteiger partial charge in [0, 0.05) is 57.6 Å². The number of carbonyl (C=O) groups is 1. The van der Waals surface area contributed by atoms with Crippen molar-refractivity contribution in [2.75, 3.05) is 50.1 Å². The molecule has 0 radical (unpaired) electrons. The summed E-state index contributed by atoms with van der Waals surface area (Å²) in [6, 6.07) is 11.6. The van der Waals surface area contributed by atoms with Crippen molar-refractivity contribution in [2.45, 2.75) is 6.36 Å². The van der Waals surface area contributed by atoms with Gasteiger partial charge in [0.2, 0.25) is 0 Å². The first-order valence-electron chi connectivity index (χ1n) is 9.67. The summed E-state index contributed by atoms with van der Waals surface area (Å²) in [6.07, 6.45) is -4.73. The van der Waals surface area contributed by atoms with Gasteiger partial charge in [-0.25, -0.2) is 4.98 Å². The third-order valence-corrected chi connectivity index (χ3v) is 6.13. The molecule has 0 saturated carbocycles. The molecule has 0 atom stereocenters. The molecule has 0 unspecified atom stereocenters. The first kappa shape index (κ1) is 21.2. The van der Waals surface area contributed by atoms with E-state index >= 15 is 0 Å². The zero-order chi connectivity index (χ0) is 22.2. The van der Waals surface area contributed by atoms with Crippen molar-refractivity contribution < 1.29 is 22.7 Å². The zero-order valence-electron chi connectivity index (χ0n) is 17.0. The number of hydrogen-bond acceptors (Lipinski definition) is 6. The summed E-state index contributed by atoms with van der Waals surface area (Å²) in [5.41, 5.74) is 2.30. The van der Waals surface area contributed by atoms with E-state index in [2.05, 4.69) is 9.72 Å². The van der Waals surface area contributed by atoms with Crippen LogP contribution in [0, 0.1) is 0 Å². The Bertz CT molecular complexity index is 1070. The summed E-state index contributed by atoms with van der Waals surface area (Å²) in [6.45, 7) is 2.31. The molecule has 0 aliphatic carbocycles. The van der Waals surface area contributed by atoms with Gasteiger partial charge < -0.3 is 19.4 Å². The molecule has 2 aromatic carbocycles. The summed E-state index contributed by atoms with van der Waals surface area (Å²) in [5.74, 6) is -0.269. The fraction of sp³-hybridized carbons (Fsp3) is 0.333. The van der Waals surface area contributed by atoms with E-state index in [0.29, 0.717) is 42.0 Å². The standard InChI is InChI=1S/C21H21F3N4O2S/c1-26(2)15-5-3-14(4-6-15)19(29)27-9-11-28(12-10-27)20-25-17-8-7-16(13-18(17)31-20)30-21(22,23)24/h3-8,13H,9-12H2,1-2H3. The molecule has 164 valence electrons. The third kappa shape index (κ3) is 4.84. The predicted octanol–water partition coefficient (Wildman–Crippen LogP) is 4.22. The number of nitrogens with zero attached hydrogens (tertiary/aromatic N) is 4. The van der Waals surface area contributed by atoms with Crippen LogP contribution in [0.1, 0.15) is 10.4 Å². The molecule has 4 rings (SSSR count). The molecule has 31 heavy (non-hydrogen) atoms. The van der Waals surface area contributed by atoms with Crippen LogP contribution in [0.4, 0.5) is 24.0 Å². The Morgan fingerprint density at radius 2 is 1.74 bits per heavy atom. The van der Waals surface area contributed by atoms with Gasteiger partial charge in [-0.1, -0.05) is 11.3 Å². The normalized spacial score (nSPS) is 14.7. The molecule has 1 fully saturated rings. The van der Waals surface area contributed by atoms with Crippen LogP contribution in [0.3, 0.4) is 0 Å². The Kier molecular flexibility index (Phi) is 5.65. The highest BCUT2D eigenvalue weighted by molar-refractivity contribution is 7.22. The van der Waals surface area contributed by atoms with E-state index in [1.54, 1.807) is 0 Å². The number of ether oxygens (including phenoxy) is 1. The van der Waals surface area contributed by atoms with Crippen LogP contribution in [-0.4, -0.2) is 62.4 Å². The fourth-order valence-corrected chi connectivity index (χ4v) is 4.46. The molecule has 0 bridgehead atoms. The summed E-state index contributed by atoms with van der Waals surface area (Å²) in [7, 11) is 3.89. The number of anilines is 2. The molecular weight excluding hydrogens is 429 g/mol. The maximum absolute atomic E-state index is 12.8. The van der Waals surface area contributed by atoms with Crippen LogP contribution >= 0.6 is 11.3 Å². The van der Waals surface area contributed by atoms with Crippen LogP contribution in [-0.2, 0) is 0 Å². The number of piperazine rings is 1. The quantitative estimate of drug-likeness (QED) is 0.596. The van der Waals surface area contributed by atoms with E-state index in [1.165, 1.54) is 29.5 Å². The first-order valence-corrected chi connectivity index (χ1v) is 10.5. The van der Waals surface area contributed by atoms with Crippen LogP contribution in [0.15, 0.2) is 42.5 Å². The van der Waals surface area contributed by atoms with Gasteiger partial charge in [0.05, 0.1) is 10.2 Å². The second-order valence-corrected chi connectivity index (χ2v) is 8.40. The lowest BCUT2D eigenvalue weighted by Crippen LogP contribution is -2.48.